The molecule has 0 bridgehead atoms. The van der Waals surface area contributed by atoms with Crippen molar-refractivity contribution in [2.24, 2.45) is 5.41 Å². The third-order valence-corrected chi connectivity index (χ3v) is 4.32. The lowest BCUT2D eigenvalue weighted by Gasteiger charge is -2.23. The Balaban J connectivity index is 1.87. The highest BCUT2D eigenvalue weighted by Gasteiger charge is 2.41. The predicted octanol–water partition coefficient (Wildman–Crippen LogP) is 2.22. The molecule has 104 valence electrons. The molecule has 0 saturated heterocycles. The first-order chi connectivity index (χ1) is 9.02. The van der Waals surface area contributed by atoms with Crippen molar-refractivity contribution in [2.45, 2.75) is 32.6 Å². The van der Waals surface area contributed by atoms with E-state index in [9.17, 15) is 14.7 Å². The Morgan fingerprint density at radius 3 is 2.68 bits per heavy atom. The normalized spacial score (nSPS) is 17.1. The highest BCUT2D eigenvalue weighted by Crippen LogP contribution is 2.37. The van der Waals surface area contributed by atoms with Crippen LogP contribution in [-0.4, -0.2) is 28.6 Å². The van der Waals surface area contributed by atoms with E-state index in [1.165, 1.54) is 11.3 Å². The number of hydrogen-bond donors (Lipinski definition) is 3. The number of aromatic nitrogens is 1. The number of thiazole rings is 1. The number of carboxylic acids is 1. The molecule has 0 unspecified atom stereocenters. The highest BCUT2D eigenvalue weighted by atomic mass is 32.1. The molecule has 1 fully saturated rings. The minimum atomic E-state index is -0.824. The third-order valence-electron chi connectivity index (χ3n) is 3.44. The van der Waals surface area contributed by atoms with E-state index in [1.807, 2.05) is 12.3 Å². The van der Waals surface area contributed by atoms with Crippen LogP contribution in [0.15, 0.2) is 5.38 Å². The van der Waals surface area contributed by atoms with Crippen LogP contribution >= 0.6 is 11.3 Å². The second-order valence-electron chi connectivity index (χ2n) is 4.89. The number of anilines is 1. The molecule has 0 radical (unpaired) electrons. The summed E-state index contributed by atoms with van der Waals surface area (Å²) < 4.78 is 0. The number of hydrogen-bond acceptors (Lipinski definition) is 4. The molecular formula is C12H17N3O3S. The maximum atomic E-state index is 11.7. The Morgan fingerprint density at radius 2 is 2.16 bits per heavy atom. The largest absolute Gasteiger partial charge is 0.481 e. The van der Waals surface area contributed by atoms with Gasteiger partial charge in [0.2, 0.25) is 0 Å². The van der Waals surface area contributed by atoms with Gasteiger partial charge in [0.05, 0.1) is 11.1 Å². The van der Waals surface area contributed by atoms with Crippen LogP contribution in [0.1, 0.15) is 31.4 Å². The van der Waals surface area contributed by atoms with Crippen molar-refractivity contribution in [3.05, 3.63) is 11.1 Å². The molecule has 6 nitrogen and oxygen atoms in total. The average Bonchev–Trinajstić information content (AvgIpc) is 2.97. The molecule has 19 heavy (non-hydrogen) atoms. The second kappa shape index (κ2) is 5.56. The fraction of sp³-hybridized carbons (Fsp3) is 0.583. The van der Waals surface area contributed by atoms with Gasteiger partial charge < -0.3 is 10.4 Å². The summed E-state index contributed by atoms with van der Waals surface area (Å²) >= 11 is 1.34. The monoisotopic (exact) mass is 283 g/mol. The van der Waals surface area contributed by atoms with Crippen molar-refractivity contribution in [2.75, 3.05) is 11.9 Å². The Hall–Kier alpha value is -1.63. The Kier molecular flexibility index (Phi) is 4.04. The van der Waals surface area contributed by atoms with E-state index in [0.29, 0.717) is 18.0 Å². The van der Waals surface area contributed by atoms with E-state index in [4.69, 9.17) is 0 Å². The van der Waals surface area contributed by atoms with Crippen LogP contribution in [0.2, 0.25) is 0 Å². The maximum Gasteiger partial charge on any atom is 0.321 e. The van der Waals surface area contributed by atoms with Crippen LogP contribution in [0.4, 0.5) is 9.93 Å². The van der Waals surface area contributed by atoms with Crippen LogP contribution < -0.4 is 10.6 Å². The lowest BCUT2D eigenvalue weighted by molar-refractivity contribution is -0.148. The van der Waals surface area contributed by atoms with E-state index in [-0.39, 0.29) is 6.54 Å². The summed E-state index contributed by atoms with van der Waals surface area (Å²) in [7, 11) is 0. The van der Waals surface area contributed by atoms with Gasteiger partial charge in [-0.25, -0.2) is 9.78 Å². The van der Waals surface area contributed by atoms with Gasteiger partial charge >= 0.3 is 12.0 Å². The van der Waals surface area contributed by atoms with E-state index in [1.54, 1.807) is 0 Å². The second-order valence-corrected chi connectivity index (χ2v) is 5.75. The van der Waals surface area contributed by atoms with Crippen molar-refractivity contribution in [1.82, 2.24) is 10.3 Å². The van der Waals surface area contributed by atoms with Gasteiger partial charge in [-0.15, -0.1) is 11.3 Å². The van der Waals surface area contributed by atoms with Gasteiger partial charge in [0.15, 0.2) is 5.13 Å². The average molecular weight is 283 g/mol. The number of carbonyl (C=O) groups excluding carboxylic acids is 1. The summed E-state index contributed by atoms with van der Waals surface area (Å²) in [5.74, 6) is -0.824. The van der Waals surface area contributed by atoms with Crippen molar-refractivity contribution in [3.8, 4) is 0 Å². The number of amides is 2. The number of nitrogens with one attached hydrogen (secondary N) is 2. The SMILES string of the molecule is Cc1csc(NC(=O)NCC2(C(=O)O)CCCC2)n1. The van der Waals surface area contributed by atoms with E-state index < -0.39 is 17.4 Å². The number of carbonyl (C=O) groups is 2. The molecule has 0 atom stereocenters. The Bertz CT molecular complexity index is 480. The van der Waals surface area contributed by atoms with Gasteiger partial charge in [-0.3, -0.25) is 10.1 Å². The molecule has 0 spiro atoms. The molecular weight excluding hydrogens is 266 g/mol. The number of urea groups is 1. The number of carboxylic acid groups (broad SMARTS) is 1. The third kappa shape index (κ3) is 3.23. The molecule has 7 heteroatoms. The van der Waals surface area contributed by atoms with Crippen molar-refractivity contribution in [3.63, 3.8) is 0 Å². The molecule has 1 aliphatic rings. The highest BCUT2D eigenvalue weighted by molar-refractivity contribution is 7.13. The molecule has 0 aliphatic heterocycles. The van der Waals surface area contributed by atoms with Gasteiger partial charge in [0.25, 0.3) is 0 Å². The molecule has 1 aliphatic carbocycles. The van der Waals surface area contributed by atoms with Gasteiger partial charge in [-0.2, -0.15) is 0 Å². The maximum absolute atomic E-state index is 11.7. The van der Waals surface area contributed by atoms with Gasteiger partial charge in [-0.1, -0.05) is 12.8 Å². The summed E-state index contributed by atoms with van der Waals surface area (Å²) in [6, 6.07) is -0.401. The summed E-state index contributed by atoms with van der Waals surface area (Å²) in [6.07, 6.45) is 3.06. The molecule has 1 aromatic rings. The Labute approximate surface area is 115 Å². The number of aliphatic carboxylic acids is 1. The van der Waals surface area contributed by atoms with Crippen LogP contribution in [0, 0.1) is 12.3 Å². The standard InChI is InChI=1S/C12H17N3O3S/c1-8-6-19-11(14-8)15-10(18)13-7-12(9(16)17)4-2-3-5-12/h6H,2-5,7H2,1H3,(H,16,17)(H2,13,14,15,18). The van der Waals surface area contributed by atoms with Crippen LogP contribution in [-0.2, 0) is 4.79 Å². The summed E-state index contributed by atoms with van der Waals surface area (Å²) in [6.45, 7) is 2.01. The van der Waals surface area contributed by atoms with Crippen molar-refractivity contribution >= 4 is 28.5 Å². The summed E-state index contributed by atoms with van der Waals surface area (Å²) in [5, 5.41) is 16.9. The van der Waals surface area contributed by atoms with E-state index in [0.717, 1.165) is 18.5 Å². The fourth-order valence-electron chi connectivity index (χ4n) is 2.32. The number of rotatable bonds is 4. The smallest absolute Gasteiger partial charge is 0.321 e. The topological polar surface area (TPSA) is 91.3 Å². The zero-order valence-electron chi connectivity index (χ0n) is 10.7. The molecule has 3 N–H and O–H groups in total. The molecule has 1 aromatic heterocycles. The zero-order chi connectivity index (χ0) is 13.9. The van der Waals surface area contributed by atoms with Gasteiger partial charge in [0.1, 0.15) is 0 Å². The molecule has 1 saturated carbocycles. The van der Waals surface area contributed by atoms with E-state index >= 15 is 0 Å². The van der Waals surface area contributed by atoms with Crippen LogP contribution in [0.25, 0.3) is 0 Å². The molecule has 0 aromatic carbocycles. The minimum absolute atomic E-state index is 0.165. The fourth-order valence-corrected chi connectivity index (χ4v) is 3.00. The molecule has 2 amide bonds. The first-order valence-corrected chi connectivity index (χ1v) is 7.10. The van der Waals surface area contributed by atoms with E-state index in [2.05, 4.69) is 15.6 Å². The Morgan fingerprint density at radius 1 is 1.47 bits per heavy atom. The lowest BCUT2D eigenvalue weighted by atomic mass is 9.86. The predicted molar refractivity (Wildman–Crippen MR) is 72.4 cm³/mol. The number of aryl methyl sites for hydroxylation is 1. The first-order valence-electron chi connectivity index (χ1n) is 6.22. The molecule has 2 rings (SSSR count). The minimum Gasteiger partial charge on any atom is -0.481 e. The quantitative estimate of drug-likeness (QED) is 0.790. The van der Waals surface area contributed by atoms with Crippen molar-refractivity contribution < 1.29 is 14.7 Å². The van der Waals surface area contributed by atoms with Crippen LogP contribution in [0.3, 0.4) is 0 Å². The van der Waals surface area contributed by atoms with Gasteiger partial charge in [0, 0.05) is 11.9 Å². The van der Waals surface area contributed by atoms with Crippen molar-refractivity contribution in [1.29, 1.82) is 0 Å². The first kappa shape index (κ1) is 13.8. The summed E-state index contributed by atoms with van der Waals surface area (Å²) in [5.41, 5.74) is 0.0500. The van der Waals surface area contributed by atoms with Crippen LogP contribution in [0.5, 0.6) is 0 Å². The summed E-state index contributed by atoms with van der Waals surface area (Å²) in [4.78, 5) is 27.1. The zero-order valence-corrected chi connectivity index (χ0v) is 11.5. The molecule has 1 heterocycles. The van der Waals surface area contributed by atoms with Gasteiger partial charge in [-0.05, 0) is 19.8 Å². The lowest BCUT2D eigenvalue weighted by Crippen LogP contribution is -2.42. The number of nitrogens with zero attached hydrogens (tertiary/aromatic N) is 1.